The quantitative estimate of drug-likeness (QED) is 0.785. The standard InChI is InChI=1S/C13H20N2O2S/c1-9-3-2-5-13(7-9,8-16)15-12(17)11-10(14)4-6-18-11/h4,6,9,16H,2-3,5,7-8,14H2,1H3,(H,15,17). The Hall–Kier alpha value is -1.07. The SMILES string of the molecule is CC1CCCC(CO)(NC(=O)c2sccc2N)C1. The summed E-state index contributed by atoms with van der Waals surface area (Å²) >= 11 is 1.34. The maximum Gasteiger partial charge on any atom is 0.263 e. The zero-order chi connectivity index (χ0) is 13.2. The van der Waals surface area contributed by atoms with Crippen molar-refractivity contribution in [3.05, 3.63) is 16.3 Å². The fourth-order valence-corrected chi connectivity index (χ4v) is 3.47. The predicted molar refractivity (Wildman–Crippen MR) is 73.6 cm³/mol. The molecular formula is C13H20N2O2S. The Bertz CT molecular complexity index is 432. The molecule has 0 bridgehead atoms. The summed E-state index contributed by atoms with van der Waals surface area (Å²) in [6.07, 6.45) is 3.88. The molecule has 18 heavy (non-hydrogen) atoms. The van der Waals surface area contributed by atoms with Gasteiger partial charge >= 0.3 is 0 Å². The van der Waals surface area contributed by atoms with Crippen molar-refractivity contribution in [1.29, 1.82) is 0 Å². The number of rotatable bonds is 3. The second kappa shape index (κ2) is 5.28. The molecule has 0 saturated heterocycles. The van der Waals surface area contributed by atoms with Crippen LogP contribution in [0, 0.1) is 5.92 Å². The van der Waals surface area contributed by atoms with Gasteiger partial charge in [0.2, 0.25) is 0 Å². The van der Waals surface area contributed by atoms with E-state index in [4.69, 9.17) is 5.73 Å². The summed E-state index contributed by atoms with van der Waals surface area (Å²) in [7, 11) is 0. The van der Waals surface area contributed by atoms with Crippen molar-refractivity contribution in [3.63, 3.8) is 0 Å². The smallest absolute Gasteiger partial charge is 0.263 e. The van der Waals surface area contributed by atoms with Gasteiger partial charge in [0.1, 0.15) is 4.88 Å². The number of nitrogen functional groups attached to an aromatic ring is 1. The summed E-state index contributed by atoms with van der Waals surface area (Å²) in [6.45, 7) is 2.16. The Morgan fingerprint density at radius 2 is 2.50 bits per heavy atom. The van der Waals surface area contributed by atoms with Crippen LogP contribution in [-0.4, -0.2) is 23.2 Å². The summed E-state index contributed by atoms with van der Waals surface area (Å²) in [5, 5.41) is 14.4. The number of aliphatic hydroxyl groups excluding tert-OH is 1. The molecule has 1 heterocycles. The van der Waals surface area contributed by atoms with Gasteiger partial charge in [-0.3, -0.25) is 4.79 Å². The maximum absolute atomic E-state index is 12.2. The van der Waals surface area contributed by atoms with Crippen molar-refractivity contribution in [2.75, 3.05) is 12.3 Å². The molecule has 2 unspecified atom stereocenters. The van der Waals surface area contributed by atoms with Gasteiger partial charge in [0, 0.05) is 0 Å². The van der Waals surface area contributed by atoms with Crippen molar-refractivity contribution in [1.82, 2.24) is 5.32 Å². The molecule has 4 nitrogen and oxygen atoms in total. The van der Waals surface area contributed by atoms with E-state index in [0.29, 0.717) is 16.5 Å². The Labute approximate surface area is 111 Å². The van der Waals surface area contributed by atoms with Crippen LogP contribution in [0.4, 0.5) is 5.69 Å². The second-order valence-electron chi connectivity index (χ2n) is 5.30. The van der Waals surface area contributed by atoms with Gasteiger partial charge in [-0.1, -0.05) is 19.8 Å². The molecular weight excluding hydrogens is 248 g/mol. The van der Waals surface area contributed by atoms with E-state index in [1.807, 2.05) is 0 Å². The zero-order valence-corrected chi connectivity index (χ0v) is 11.4. The highest BCUT2D eigenvalue weighted by Gasteiger charge is 2.36. The Balaban J connectivity index is 2.11. The van der Waals surface area contributed by atoms with Gasteiger partial charge in [0.05, 0.1) is 17.8 Å². The lowest BCUT2D eigenvalue weighted by Gasteiger charge is -2.39. The molecule has 0 radical (unpaired) electrons. The number of nitrogens with one attached hydrogen (secondary N) is 1. The van der Waals surface area contributed by atoms with Crippen LogP contribution in [0.1, 0.15) is 42.3 Å². The van der Waals surface area contributed by atoms with Gasteiger partial charge in [-0.2, -0.15) is 0 Å². The number of hydrogen-bond acceptors (Lipinski definition) is 4. The molecule has 4 N–H and O–H groups in total. The Kier molecular flexibility index (Phi) is 3.92. The molecule has 5 heteroatoms. The summed E-state index contributed by atoms with van der Waals surface area (Å²) < 4.78 is 0. The molecule has 0 aliphatic heterocycles. The first kappa shape index (κ1) is 13.4. The average Bonchev–Trinajstić information content (AvgIpc) is 2.75. The molecule has 1 amide bonds. The van der Waals surface area contributed by atoms with Gasteiger partial charge in [-0.15, -0.1) is 11.3 Å². The van der Waals surface area contributed by atoms with Crippen molar-refractivity contribution in [2.45, 2.75) is 38.1 Å². The lowest BCUT2D eigenvalue weighted by molar-refractivity contribution is 0.0701. The summed E-state index contributed by atoms with van der Waals surface area (Å²) in [5.74, 6) is 0.373. The molecule has 0 aromatic carbocycles. The van der Waals surface area contributed by atoms with E-state index in [0.717, 1.165) is 19.3 Å². The highest BCUT2D eigenvalue weighted by Crippen LogP contribution is 2.32. The number of carbonyl (C=O) groups is 1. The maximum atomic E-state index is 12.2. The van der Waals surface area contributed by atoms with E-state index in [-0.39, 0.29) is 12.5 Å². The van der Waals surface area contributed by atoms with Crippen LogP contribution in [0.25, 0.3) is 0 Å². The van der Waals surface area contributed by atoms with Crippen LogP contribution in [-0.2, 0) is 0 Å². The minimum atomic E-state index is -0.467. The molecule has 1 fully saturated rings. The number of hydrogen-bond donors (Lipinski definition) is 3. The molecule has 1 aromatic heterocycles. The van der Waals surface area contributed by atoms with E-state index >= 15 is 0 Å². The molecule has 2 rings (SSSR count). The molecule has 1 aliphatic rings. The fourth-order valence-electron chi connectivity index (χ4n) is 2.76. The topological polar surface area (TPSA) is 75.3 Å². The van der Waals surface area contributed by atoms with Gasteiger partial charge < -0.3 is 16.2 Å². The first-order valence-corrected chi connectivity index (χ1v) is 7.21. The number of thiophene rings is 1. The third-order valence-corrected chi connectivity index (χ3v) is 4.60. The van der Waals surface area contributed by atoms with Crippen molar-refractivity contribution >= 4 is 22.9 Å². The van der Waals surface area contributed by atoms with E-state index < -0.39 is 5.54 Å². The van der Waals surface area contributed by atoms with Crippen LogP contribution in [0.15, 0.2) is 11.4 Å². The van der Waals surface area contributed by atoms with Gasteiger partial charge in [0.25, 0.3) is 5.91 Å². The highest BCUT2D eigenvalue weighted by atomic mass is 32.1. The predicted octanol–water partition coefficient (Wildman–Crippen LogP) is 2.00. The third-order valence-electron chi connectivity index (χ3n) is 3.67. The normalized spacial score (nSPS) is 28.0. The van der Waals surface area contributed by atoms with E-state index in [1.165, 1.54) is 17.8 Å². The zero-order valence-electron chi connectivity index (χ0n) is 10.6. The largest absolute Gasteiger partial charge is 0.397 e. The Morgan fingerprint density at radius 3 is 3.06 bits per heavy atom. The summed E-state index contributed by atoms with van der Waals surface area (Å²) in [6, 6.07) is 1.73. The van der Waals surface area contributed by atoms with Crippen LogP contribution < -0.4 is 11.1 Å². The number of carbonyl (C=O) groups excluding carboxylic acids is 1. The number of amides is 1. The molecule has 2 atom stereocenters. The number of anilines is 1. The number of nitrogens with two attached hydrogens (primary N) is 1. The fraction of sp³-hybridized carbons (Fsp3) is 0.615. The number of aliphatic hydroxyl groups is 1. The van der Waals surface area contributed by atoms with Crippen LogP contribution in [0.3, 0.4) is 0 Å². The van der Waals surface area contributed by atoms with Crippen molar-refractivity contribution < 1.29 is 9.90 Å². The first-order valence-electron chi connectivity index (χ1n) is 6.33. The lowest BCUT2D eigenvalue weighted by Crippen LogP contribution is -2.53. The summed E-state index contributed by atoms with van der Waals surface area (Å²) in [4.78, 5) is 12.7. The average molecular weight is 268 g/mol. The van der Waals surface area contributed by atoms with Crippen LogP contribution in [0.5, 0.6) is 0 Å². The minimum absolute atomic E-state index is 0.00560. The summed E-state index contributed by atoms with van der Waals surface area (Å²) in [5.41, 5.74) is 5.79. The van der Waals surface area contributed by atoms with Gasteiger partial charge in [-0.05, 0) is 30.2 Å². The molecule has 0 spiro atoms. The molecule has 1 aromatic rings. The molecule has 100 valence electrons. The monoisotopic (exact) mass is 268 g/mol. The van der Waals surface area contributed by atoms with E-state index in [2.05, 4.69) is 12.2 Å². The van der Waals surface area contributed by atoms with Gasteiger partial charge in [0.15, 0.2) is 0 Å². The Morgan fingerprint density at radius 1 is 1.72 bits per heavy atom. The second-order valence-corrected chi connectivity index (χ2v) is 6.22. The minimum Gasteiger partial charge on any atom is -0.397 e. The van der Waals surface area contributed by atoms with Gasteiger partial charge in [-0.25, -0.2) is 0 Å². The van der Waals surface area contributed by atoms with E-state index in [9.17, 15) is 9.90 Å². The van der Waals surface area contributed by atoms with E-state index in [1.54, 1.807) is 11.4 Å². The first-order chi connectivity index (χ1) is 8.56. The van der Waals surface area contributed by atoms with Crippen LogP contribution in [0.2, 0.25) is 0 Å². The van der Waals surface area contributed by atoms with Crippen LogP contribution >= 0.6 is 11.3 Å². The third kappa shape index (κ3) is 2.67. The lowest BCUT2D eigenvalue weighted by atomic mass is 9.77. The highest BCUT2D eigenvalue weighted by molar-refractivity contribution is 7.12. The molecule has 1 aliphatic carbocycles. The van der Waals surface area contributed by atoms with Crippen molar-refractivity contribution in [2.24, 2.45) is 5.92 Å². The molecule has 1 saturated carbocycles. The van der Waals surface area contributed by atoms with Crippen molar-refractivity contribution in [3.8, 4) is 0 Å².